The Morgan fingerprint density at radius 1 is 1.21 bits per heavy atom. The molecule has 0 N–H and O–H groups in total. The molecule has 150 valence electrons. The van der Waals surface area contributed by atoms with Gasteiger partial charge in [0.15, 0.2) is 9.84 Å². The van der Waals surface area contributed by atoms with Crippen LogP contribution in [-0.2, 0) is 21.2 Å². The van der Waals surface area contributed by atoms with Crippen LogP contribution in [0, 0.1) is 0 Å². The summed E-state index contributed by atoms with van der Waals surface area (Å²) in [6, 6.07) is 5.03. The summed E-state index contributed by atoms with van der Waals surface area (Å²) >= 11 is 3.36. The van der Waals surface area contributed by atoms with Crippen molar-refractivity contribution in [3.05, 3.63) is 39.4 Å². The van der Waals surface area contributed by atoms with Gasteiger partial charge in [0.1, 0.15) is 6.54 Å². The Bertz CT molecular complexity index is 1080. The van der Waals surface area contributed by atoms with Gasteiger partial charge in [-0.25, -0.2) is 13.4 Å². The molecule has 1 saturated carbocycles. The van der Waals surface area contributed by atoms with Crippen molar-refractivity contribution in [1.29, 1.82) is 0 Å². The summed E-state index contributed by atoms with van der Waals surface area (Å²) in [4.78, 5) is 32.1. The quantitative estimate of drug-likeness (QED) is 0.686. The van der Waals surface area contributed by atoms with Gasteiger partial charge >= 0.3 is 0 Å². The summed E-state index contributed by atoms with van der Waals surface area (Å²) in [5.41, 5.74) is 0.302. The highest BCUT2D eigenvalue weighted by atomic mass is 79.9. The van der Waals surface area contributed by atoms with Gasteiger partial charge < -0.3 is 4.90 Å². The van der Waals surface area contributed by atoms with Crippen molar-refractivity contribution in [2.45, 2.75) is 50.7 Å². The van der Waals surface area contributed by atoms with Gasteiger partial charge in [-0.1, -0.05) is 28.8 Å². The van der Waals surface area contributed by atoms with Crippen LogP contribution in [0.25, 0.3) is 10.9 Å². The van der Waals surface area contributed by atoms with E-state index in [2.05, 4.69) is 20.9 Å². The lowest BCUT2D eigenvalue weighted by atomic mass is 10.1. The number of amides is 1. The Morgan fingerprint density at radius 2 is 1.96 bits per heavy atom. The minimum Gasteiger partial charge on any atom is -0.334 e. The second kappa shape index (κ2) is 7.59. The van der Waals surface area contributed by atoms with E-state index in [4.69, 9.17) is 0 Å². The second-order valence-electron chi connectivity index (χ2n) is 7.64. The topological polar surface area (TPSA) is 89.3 Å². The van der Waals surface area contributed by atoms with Gasteiger partial charge in [-0.3, -0.25) is 14.2 Å². The van der Waals surface area contributed by atoms with Gasteiger partial charge in [-0.2, -0.15) is 0 Å². The van der Waals surface area contributed by atoms with E-state index < -0.39 is 9.84 Å². The minimum atomic E-state index is -3.10. The van der Waals surface area contributed by atoms with Crippen LogP contribution in [-0.4, -0.2) is 52.4 Å². The number of aromatic nitrogens is 2. The van der Waals surface area contributed by atoms with Gasteiger partial charge in [0.2, 0.25) is 5.91 Å². The maximum absolute atomic E-state index is 13.2. The number of halogens is 1. The van der Waals surface area contributed by atoms with Crippen LogP contribution >= 0.6 is 15.9 Å². The number of hydrogen-bond donors (Lipinski definition) is 0. The average Bonchev–Trinajstić information content (AvgIpc) is 3.28. The number of nitrogens with zero attached hydrogens (tertiary/aromatic N) is 3. The molecule has 1 atom stereocenters. The molecule has 0 spiro atoms. The summed E-state index contributed by atoms with van der Waals surface area (Å²) in [5, 5.41) is 0.445. The number of benzene rings is 1. The van der Waals surface area contributed by atoms with Crippen LogP contribution in [0.4, 0.5) is 0 Å². The minimum absolute atomic E-state index is 0.0209. The zero-order valence-corrected chi connectivity index (χ0v) is 17.8. The van der Waals surface area contributed by atoms with Crippen LogP contribution < -0.4 is 5.56 Å². The number of hydrogen-bond acceptors (Lipinski definition) is 5. The maximum Gasteiger partial charge on any atom is 0.261 e. The van der Waals surface area contributed by atoms with E-state index in [9.17, 15) is 18.0 Å². The zero-order chi connectivity index (χ0) is 19.9. The first kappa shape index (κ1) is 19.6. The maximum atomic E-state index is 13.2. The van der Waals surface area contributed by atoms with Gasteiger partial charge in [0.05, 0.1) is 28.7 Å². The Labute approximate surface area is 171 Å². The Morgan fingerprint density at radius 3 is 2.64 bits per heavy atom. The molecule has 7 nitrogen and oxygen atoms in total. The molecule has 28 heavy (non-hydrogen) atoms. The lowest BCUT2D eigenvalue weighted by molar-refractivity contribution is -0.136. The first-order valence-corrected chi connectivity index (χ1v) is 12.1. The van der Waals surface area contributed by atoms with Crippen molar-refractivity contribution in [1.82, 2.24) is 14.5 Å². The fraction of sp³-hybridized carbons (Fsp3) is 0.526. The molecule has 1 unspecified atom stereocenters. The molecule has 1 aromatic heterocycles. The van der Waals surface area contributed by atoms with Crippen LogP contribution in [0.1, 0.15) is 32.1 Å². The molecule has 1 saturated heterocycles. The monoisotopic (exact) mass is 467 g/mol. The van der Waals surface area contributed by atoms with Crippen LogP contribution in [0.3, 0.4) is 0 Å². The lowest BCUT2D eigenvalue weighted by Crippen LogP contribution is -2.49. The Balaban J connectivity index is 1.63. The van der Waals surface area contributed by atoms with Gasteiger partial charge in [0, 0.05) is 16.6 Å². The van der Waals surface area contributed by atoms with E-state index in [0.29, 0.717) is 17.3 Å². The van der Waals surface area contributed by atoms with Crippen LogP contribution in [0.5, 0.6) is 0 Å². The van der Waals surface area contributed by atoms with Crippen molar-refractivity contribution in [3.8, 4) is 0 Å². The van der Waals surface area contributed by atoms with Crippen molar-refractivity contribution < 1.29 is 13.2 Å². The van der Waals surface area contributed by atoms with E-state index >= 15 is 0 Å². The van der Waals surface area contributed by atoms with Gasteiger partial charge in [-0.05, 0) is 37.5 Å². The summed E-state index contributed by atoms with van der Waals surface area (Å²) in [6.45, 7) is -0.124. The molecule has 1 aliphatic carbocycles. The summed E-state index contributed by atoms with van der Waals surface area (Å²) in [5.74, 6) is -0.0561. The molecule has 2 aromatic rings. The normalized spacial score (nSPS) is 22.0. The standard InChI is InChI=1S/C19H22BrN3O4S/c20-13-5-6-17-16(9-13)19(25)22(12-21-17)10-18(24)23(14-3-1-2-4-14)15-7-8-28(26,27)11-15/h5-6,9,12,14-15H,1-4,7-8,10-11H2. The molecule has 2 aliphatic rings. The van der Waals surface area contributed by atoms with E-state index in [1.54, 1.807) is 17.0 Å². The highest BCUT2D eigenvalue weighted by Gasteiger charge is 2.39. The number of rotatable bonds is 4. The smallest absolute Gasteiger partial charge is 0.261 e. The lowest BCUT2D eigenvalue weighted by Gasteiger charge is -2.34. The Kier molecular flexibility index (Phi) is 5.30. The molecule has 1 aromatic carbocycles. The molecular formula is C19H22BrN3O4S. The molecule has 2 heterocycles. The third-order valence-electron chi connectivity index (χ3n) is 5.70. The highest BCUT2D eigenvalue weighted by Crippen LogP contribution is 2.29. The Hall–Kier alpha value is -1.74. The van der Waals surface area contributed by atoms with Gasteiger partial charge in [-0.15, -0.1) is 0 Å². The summed E-state index contributed by atoms with van der Waals surface area (Å²) in [6.07, 6.45) is 5.73. The predicted octanol–water partition coefficient (Wildman–Crippen LogP) is 2.12. The third-order valence-corrected chi connectivity index (χ3v) is 7.94. The van der Waals surface area contributed by atoms with Crippen molar-refractivity contribution >= 4 is 42.6 Å². The molecule has 4 rings (SSSR count). The van der Waals surface area contributed by atoms with Crippen LogP contribution in [0.2, 0.25) is 0 Å². The molecular weight excluding hydrogens is 446 g/mol. The highest BCUT2D eigenvalue weighted by molar-refractivity contribution is 9.10. The van der Waals surface area contributed by atoms with E-state index in [1.165, 1.54) is 10.9 Å². The first-order chi connectivity index (χ1) is 13.3. The zero-order valence-electron chi connectivity index (χ0n) is 15.4. The molecule has 0 radical (unpaired) electrons. The fourth-order valence-electron chi connectivity index (χ4n) is 4.35. The van der Waals surface area contributed by atoms with Crippen molar-refractivity contribution in [2.24, 2.45) is 0 Å². The molecule has 1 aliphatic heterocycles. The van der Waals surface area contributed by atoms with E-state index in [-0.39, 0.29) is 41.6 Å². The van der Waals surface area contributed by atoms with E-state index in [0.717, 1.165) is 30.2 Å². The third kappa shape index (κ3) is 3.87. The fourth-order valence-corrected chi connectivity index (χ4v) is 6.43. The van der Waals surface area contributed by atoms with Crippen molar-refractivity contribution in [3.63, 3.8) is 0 Å². The SMILES string of the molecule is O=C(Cn1cnc2ccc(Br)cc2c1=O)N(C1CCCC1)C1CCS(=O)(=O)C1. The number of carbonyl (C=O) groups is 1. The summed E-state index contributed by atoms with van der Waals surface area (Å²) < 4.78 is 26.0. The number of carbonyl (C=O) groups excluding carboxylic acids is 1. The molecule has 9 heteroatoms. The van der Waals surface area contributed by atoms with E-state index in [1.807, 2.05) is 6.07 Å². The number of sulfone groups is 1. The molecule has 0 bridgehead atoms. The number of fused-ring (bicyclic) bond motifs is 1. The van der Waals surface area contributed by atoms with Crippen molar-refractivity contribution in [2.75, 3.05) is 11.5 Å². The second-order valence-corrected chi connectivity index (χ2v) is 10.8. The average molecular weight is 468 g/mol. The predicted molar refractivity (Wildman–Crippen MR) is 110 cm³/mol. The van der Waals surface area contributed by atoms with Crippen LogP contribution in [0.15, 0.2) is 33.8 Å². The molecule has 2 fully saturated rings. The largest absolute Gasteiger partial charge is 0.334 e. The molecule has 1 amide bonds. The van der Waals surface area contributed by atoms with Gasteiger partial charge in [0.25, 0.3) is 5.56 Å². The first-order valence-electron chi connectivity index (χ1n) is 9.50. The summed E-state index contributed by atoms with van der Waals surface area (Å²) in [7, 11) is -3.10.